The molecule has 0 aliphatic carbocycles. The summed E-state index contributed by atoms with van der Waals surface area (Å²) in [4.78, 5) is 8.50. The normalized spacial score (nSPS) is 10.7. The predicted octanol–water partition coefficient (Wildman–Crippen LogP) is 4.12. The molecule has 0 spiro atoms. The van der Waals surface area contributed by atoms with Gasteiger partial charge in [0.25, 0.3) is 0 Å². The van der Waals surface area contributed by atoms with E-state index in [1.54, 1.807) is 12.3 Å². The molecule has 0 unspecified atom stereocenters. The number of benzene rings is 1. The largest absolute Gasteiger partial charge is 0.438 e. The van der Waals surface area contributed by atoms with Crippen LogP contribution in [-0.4, -0.2) is 16.5 Å². The van der Waals surface area contributed by atoms with Crippen molar-refractivity contribution in [3.63, 3.8) is 0 Å². The number of nitrogens with one attached hydrogen (secondary N) is 1. The number of para-hydroxylation sites is 1. The van der Waals surface area contributed by atoms with Gasteiger partial charge in [-0.1, -0.05) is 37.3 Å². The Balaban J connectivity index is 2.17. The quantitative estimate of drug-likeness (QED) is 0.856. The minimum absolute atomic E-state index is 0.538. The van der Waals surface area contributed by atoms with Crippen LogP contribution in [0.4, 0.5) is 5.95 Å². The van der Waals surface area contributed by atoms with Gasteiger partial charge < -0.3 is 10.1 Å². The highest BCUT2D eigenvalue weighted by molar-refractivity contribution is 5.57. The fourth-order valence-corrected chi connectivity index (χ4v) is 1.72. The van der Waals surface area contributed by atoms with Crippen LogP contribution in [0, 0.1) is 0 Å². The molecular formula is C16H19N3O. The first-order valence-electron chi connectivity index (χ1n) is 6.80. The highest BCUT2D eigenvalue weighted by Crippen LogP contribution is 2.25. The fraction of sp³-hybridized carbons (Fsp3) is 0.250. The van der Waals surface area contributed by atoms with Crippen molar-refractivity contribution < 1.29 is 4.74 Å². The van der Waals surface area contributed by atoms with E-state index in [1.807, 2.05) is 43.3 Å². The van der Waals surface area contributed by atoms with Gasteiger partial charge in [-0.25, -0.2) is 4.98 Å². The molecule has 1 heterocycles. The molecular weight excluding hydrogens is 250 g/mol. The second-order valence-corrected chi connectivity index (χ2v) is 4.29. The van der Waals surface area contributed by atoms with Crippen LogP contribution in [0.1, 0.15) is 25.8 Å². The smallest absolute Gasteiger partial charge is 0.225 e. The lowest BCUT2D eigenvalue weighted by Gasteiger charge is -2.09. The lowest BCUT2D eigenvalue weighted by Crippen LogP contribution is -2.04. The van der Waals surface area contributed by atoms with Crippen LogP contribution < -0.4 is 10.1 Å². The van der Waals surface area contributed by atoms with Crippen LogP contribution in [-0.2, 0) is 0 Å². The van der Waals surface area contributed by atoms with E-state index in [2.05, 4.69) is 22.2 Å². The summed E-state index contributed by atoms with van der Waals surface area (Å²) in [5.41, 5.74) is 1.02. The Kier molecular flexibility index (Phi) is 5.12. The van der Waals surface area contributed by atoms with Gasteiger partial charge in [0.15, 0.2) is 0 Å². The van der Waals surface area contributed by atoms with Crippen molar-refractivity contribution in [1.29, 1.82) is 0 Å². The van der Waals surface area contributed by atoms with Crippen molar-refractivity contribution >= 4 is 12.0 Å². The van der Waals surface area contributed by atoms with Gasteiger partial charge in [0.05, 0.1) is 0 Å². The maximum Gasteiger partial charge on any atom is 0.225 e. The Morgan fingerprint density at radius 3 is 2.90 bits per heavy atom. The van der Waals surface area contributed by atoms with Gasteiger partial charge in [-0.15, -0.1) is 0 Å². The summed E-state index contributed by atoms with van der Waals surface area (Å²) in [5, 5.41) is 3.14. The number of nitrogens with zero attached hydrogens (tertiary/aromatic N) is 2. The molecule has 1 aromatic carbocycles. The van der Waals surface area contributed by atoms with Gasteiger partial charge in [-0.05, 0) is 19.4 Å². The summed E-state index contributed by atoms with van der Waals surface area (Å²) in [7, 11) is 0. The molecule has 0 saturated heterocycles. The highest BCUT2D eigenvalue weighted by Gasteiger charge is 2.04. The zero-order valence-electron chi connectivity index (χ0n) is 11.8. The average molecular weight is 269 g/mol. The van der Waals surface area contributed by atoms with E-state index >= 15 is 0 Å². The van der Waals surface area contributed by atoms with Crippen LogP contribution in [0.25, 0.3) is 6.08 Å². The highest BCUT2D eigenvalue weighted by atomic mass is 16.5. The van der Waals surface area contributed by atoms with Gasteiger partial charge in [0, 0.05) is 24.4 Å². The molecule has 4 nitrogen and oxygen atoms in total. The molecule has 0 bridgehead atoms. The molecule has 1 N–H and O–H groups in total. The molecule has 0 aliphatic rings. The number of rotatable bonds is 6. The third-order valence-corrected chi connectivity index (χ3v) is 2.64. The number of hydrogen-bond donors (Lipinski definition) is 1. The molecule has 0 fully saturated rings. The molecule has 0 saturated carbocycles. The molecule has 2 rings (SSSR count). The Hall–Kier alpha value is -2.36. The minimum atomic E-state index is 0.538. The molecule has 0 aliphatic heterocycles. The number of ether oxygens (including phenoxy) is 1. The maximum atomic E-state index is 5.84. The molecule has 20 heavy (non-hydrogen) atoms. The first-order valence-corrected chi connectivity index (χ1v) is 6.80. The summed E-state index contributed by atoms with van der Waals surface area (Å²) in [6, 6.07) is 9.61. The van der Waals surface area contributed by atoms with Crippen LogP contribution in [0.2, 0.25) is 0 Å². The van der Waals surface area contributed by atoms with Gasteiger partial charge in [0.2, 0.25) is 11.8 Å². The third-order valence-electron chi connectivity index (χ3n) is 2.64. The zero-order chi connectivity index (χ0) is 14.2. The molecule has 0 atom stereocenters. The monoisotopic (exact) mass is 269 g/mol. The van der Waals surface area contributed by atoms with Crippen molar-refractivity contribution in [2.75, 3.05) is 11.9 Å². The van der Waals surface area contributed by atoms with Gasteiger partial charge in [0.1, 0.15) is 5.75 Å². The SMILES string of the molecule is C/C=C/c1ccccc1Oc1ccnc(NCCC)n1. The lowest BCUT2D eigenvalue weighted by atomic mass is 10.2. The fourth-order valence-electron chi connectivity index (χ4n) is 1.72. The van der Waals surface area contributed by atoms with E-state index in [0.717, 1.165) is 24.3 Å². The van der Waals surface area contributed by atoms with Crippen molar-refractivity contribution in [2.45, 2.75) is 20.3 Å². The predicted molar refractivity (Wildman–Crippen MR) is 82.0 cm³/mol. The standard InChI is InChI=1S/C16H19N3O/c1-3-7-13-8-5-6-9-14(13)20-15-10-12-18-16(19-15)17-11-4-2/h3,5-10,12H,4,11H2,1-2H3,(H,17,18,19)/b7-3+. The van der Waals surface area contributed by atoms with Gasteiger partial charge in [-0.2, -0.15) is 4.98 Å². The molecule has 2 aromatic rings. The second-order valence-electron chi connectivity index (χ2n) is 4.29. The number of hydrogen-bond acceptors (Lipinski definition) is 4. The Morgan fingerprint density at radius 1 is 1.25 bits per heavy atom. The van der Waals surface area contributed by atoms with E-state index in [0.29, 0.717) is 11.8 Å². The van der Waals surface area contributed by atoms with Crippen LogP contribution >= 0.6 is 0 Å². The molecule has 104 valence electrons. The first-order chi connectivity index (χ1) is 9.83. The Morgan fingerprint density at radius 2 is 2.10 bits per heavy atom. The van der Waals surface area contributed by atoms with Crippen LogP contribution in [0.3, 0.4) is 0 Å². The summed E-state index contributed by atoms with van der Waals surface area (Å²) >= 11 is 0. The number of allylic oxidation sites excluding steroid dienone is 1. The molecule has 0 amide bonds. The van der Waals surface area contributed by atoms with Crippen molar-refractivity contribution in [3.05, 3.63) is 48.2 Å². The van der Waals surface area contributed by atoms with Crippen molar-refractivity contribution in [3.8, 4) is 11.6 Å². The first kappa shape index (κ1) is 14.1. The zero-order valence-corrected chi connectivity index (χ0v) is 11.8. The maximum absolute atomic E-state index is 5.84. The van der Waals surface area contributed by atoms with E-state index in [9.17, 15) is 0 Å². The van der Waals surface area contributed by atoms with Crippen LogP contribution in [0.15, 0.2) is 42.6 Å². The summed E-state index contributed by atoms with van der Waals surface area (Å²) < 4.78 is 5.84. The van der Waals surface area contributed by atoms with E-state index < -0.39 is 0 Å². The molecule has 0 radical (unpaired) electrons. The van der Waals surface area contributed by atoms with E-state index in [-0.39, 0.29) is 0 Å². The van der Waals surface area contributed by atoms with Gasteiger partial charge in [-0.3, -0.25) is 0 Å². The number of aromatic nitrogens is 2. The Labute approximate surface area is 119 Å². The van der Waals surface area contributed by atoms with Crippen molar-refractivity contribution in [1.82, 2.24) is 9.97 Å². The number of anilines is 1. The van der Waals surface area contributed by atoms with E-state index in [4.69, 9.17) is 4.74 Å². The molecule has 1 aromatic heterocycles. The topological polar surface area (TPSA) is 47.0 Å². The lowest BCUT2D eigenvalue weighted by molar-refractivity contribution is 0.461. The minimum Gasteiger partial charge on any atom is -0.438 e. The average Bonchev–Trinajstić information content (AvgIpc) is 2.48. The Bertz CT molecular complexity index is 581. The summed E-state index contributed by atoms with van der Waals surface area (Å²) in [5.74, 6) is 1.91. The third kappa shape index (κ3) is 3.82. The van der Waals surface area contributed by atoms with E-state index in [1.165, 1.54) is 0 Å². The molecule has 4 heteroatoms. The summed E-state index contributed by atoms with van der Waals surface area (Å²) in [6.45, 7) is 4.92. The van der Waals surface area contributed by atoms with Gasteiger partial charge >= 0.3 is 0 Å². The van der Waals surface area contributed by atoms with Crippen LogP contribution in [0.5, 0.6) is 11.6 Å². The summed E-state index contributed by atoms with van der Waals surface area (Å²) in [6.07, 6.45) is 6.71. The van der Waals surface area contributed by atoms with Crippen molar-refractivity contribution in [2.24, 2.45) is 0 Å². The second kappa shape index (κ2) is 7.28.